The molecule has 12 rings (SSSR count). The summed E-state index contributed by atoms with van der Waals surface area (Å²) in [6, 6.07) is 92.9. The fourth-order valence-electron chi connectivity index (χ4n) is 9.70. The number of rotatable bonds is 8. The van der Waals surface area contributed by atoms with E-state index < -0.39 is 0 Å². The predicted octanol–water partition coefficient (Wildman–Crippen LogP) is 17.2. The zero-order valence-electron chi connectivity index (χ0n) is 35.1. The van der Waals surface area contributed by atoms with Gasteiger partial charge in [-0.3, -0.25) is 0 Å². The first kappa shape index (κ1) is 37.3. The molecule has 0 aliphatic rings. The van der Waals surface area contributed by atoms with Gasteiger partial charge in [0.1, 0.15) is 0 Å². The van der Waals surface area contributed by atoms with Gasteiger partial charge in [0.2, 0.25) is 0 Å². The Morgan fingerprint density at radius 2 is 0.797 bits per heavy atom. The Kier molecular flexibility index (Phi) is 9.20. The van der Waals surface area contributed by atoms with Crippen molar-refractivity contribution in [3.8, 4) is 50.2 Å². The fraction of sp³-hybridized carbons (Fsp3) is 0. The molecule has 0 saturated carbocycles. The van der Waals surface area contributed by atoms with Gasteiger partial charge < -0.3 is 9.47 Å². The quantitative estimate of drug-likeness (QED) is 0.148. The first-order valence-corrected chi connectivity index (χ1v) is 22.0. The largest absolute Gasteiger partial charge is 0.310 e. The minimum absolute atomic E-state index is 1.07. The summed E-state index contributed by atoms with van der Waals surface area (Å²) in [4.78, 5) is 2.42. The lowest BCUT2D eigenvalue weighted by Crippen LogP contribution is -2.10. The Hall–Kier alpha value is -8.46. The van der Waals surface area contributed by atoms with Gasteiger partial charge in [0.25, 0.3) is 0 Å². The molecule has 11 aromatic carbocycles. The van der Waals surface area contributed by atoms with Crippen LogP contribution in [-0.2, 0) is 0 Å². The second-order valence-electron chi connectivity index (χ2n) is 16.5. The molecule has 300 valence electrons. The van der Waals surface area contributed by atoms with E-state index in [-0.39, 0.29) is 0 Å². The average molecular weight is 815 g/mol. The second-order valence-corrected chi connectivity index (χ2v) is 16.5. The molecule has 0 spiro atoms. The standard InChI is InChI=1S/C62H42N2/c1-2-16-43(17-3-1)50-39-51(56-28-15-21-45-19-6-7-24-55(45)56)42-54(41-50)63(53-23-14-22-48(40-53)49-33-32-44-18-4-5-20-47(44)38-49)52-36-34-46(35-37-52)57-25-8-11-29-60(57)64-61-30-12-9-26-58(61)59-27-10-13-31-62(59)64/h1-42H. The molecule has 1 heterocycles. The normalized spacial score (nSPS) is 11.4. The molecule has 0 unspecified atom stereocenters. The zero-order chi connectivity index (χ0) is 42.4. The maximum atomic E-state index is 2.42. The third-order valence-electron chi connectivity index (χ3n) is 12.7. The van der Waals surface area contributed by atoms with E-state index in [1.807, 2.05) is 0 Å². The highest BCUT2D eigenvalue weighted by Gasteiger charge is 2.19. The highest BCUT2D eigenvalue weighted by Crippen LogP contribution is 2.43. The summed E-state index contributed by atoms with van der Waals surface area (Å²) in [7, 11) is 0. The molecular weight excluding hydrogens is 773 g/mol. The molecule has 2 nitrogen and oxygen atoms in total. The number of fused-ring (bicyclic) bond motifs is 5. The molecule has 1 aromatic heterocycles. The van der Waals surface area contributed by atoms with E-state index in [2.05, 4.69) is 264 Å². The van der Waals surface area contributed by atoms with Gasteiger partial charge in [0.05, 0.1) is 16.7 Å². The summed E-state index contributed by atoms with van der Waals surface area (Å²) in [6.45, 7) is 0. The van der Waals surface area contributed by atoms with Crippen LogP contribution in [0.4, 0.5) is 17.1 Å². The van der Waals surface area contributed by atoms with E-state index in [1.165, 1.54) is 76.7 Å². The summed E-state index contributed by atoms with van der Waals surface area (Å²) in [5.74, 6) is 0. The first-order valence-electron chi connectivity index (χ1n) is 22.0. The monoisotopic (exact) mass is 814 g/mol. The molecule has 0 aliphatic carbocycles. The molecule has 0 aliphatic heterocycles. The number of para-hydroxylation sites is 3. The van der Waals surface area contributed by atoms with Crippen LogP contribution in [0.25, 0.3) is 93.5 Å². The van der Waals surface area contributed by atoms with Crippen molar-refractivity contribution in [2.75, 3.05) is 4.90 Å². The van der Waals surface area contributed by atoms with Crippen molar-refractivity contribution in [2.24, 2.45) is 0 Å². The van der Waals surface area contributed by atoms with E-state index >= 15 is 0 Å². The Labute approximate surface area is 373 Å². The van der Waals surface area contributed by atoms with E-state index in [1.54, 1.807) is 0 Å². The van der Waals surface area contributed by atoms with Crippen LogP contribution in [0, 0.1) is 0 Å². The van der Waals surface area contributed by atoms with E-state index in [0.717, 1.165) is 33.9 Å². The molecule has 64 heavy (non-hydrogen) atoms. The summed E-state index contributed by atoms with van der Waals surface area (Å²) >= 11 is 0. The molecule has 0 amide bonds. The van der Waals surface area contributed by atoms with Gasteiger partial charge in [-0.2, -0.15) is 0 Å². The maximum absolute atomic E-state index is 2.42. The van der Waals surface area contributed by atoms with Crippen LogP contribution < -0.4 is 4.90 Å². The SMILES string of the molecule is c1ccc(-c2cc(-c3cccc4ccccc34)cc(N(c3ccc(-c4ccccc4-n4c5ccccc5c5ccccc54)cc3)c3cccc(-c4ccc5ccccc5c4)c3)c2)cc1. The van der Waals surface area contributed by atoms with Crippen molar-refractivity contribution in [2.45, 2.75) is 0 Å². The maximum Gasteiger partial charge on any atom is 0.0541 e. The highest BCUT2D eigenvalue weighted by molar-refractivity contribution is 6.10. The number of aromatic nitrogens is 1. The second kappa shape index (κ2) is 15.8. The van der Waals surface area contributed by atoms with E-state index in [9.17, 15) is 0 Å². The van der Waals surface area contributed by atoms with Crippen molar-refractivity contribution in [3.63, 3.8) is 0 Å². The lowest BCUT2D eigenvalue weighted by atomic mass is 9.94. The molecule has 0 N–H and O–H groups in total. The van der Waals surface area contributed by atoms with Crippen molar-refractivity contribution in [1.29, 1.82) is 0 Å². The minimum Gasteiger partial charge on any atom is -0.310 e. The Balaban J connectivity index is 1.05. The van der Waals surface area contributed by atoms with Crippen LogP contribution in [0.15, 0.2) is 255 Å². The predicted molar refractivity (Wildman–Crippen MR) is 272 cm³/mol. The van der Waals surface area contributed by atoms with Gasteiger partial charge in [-0.15, -0.1) is 0 Å². The number of anilines is 3. The molecule has 12 aromatic rings. The number of hydrogen-bond donors (Lipinski definition) is 0. The lowest BCUT2D eigenvalue weighted by molar-refractivity contribution is 1.18. The van der Waals surface area contributed by atoms with Crippen molar-refractivity contribution >= 4 is 60.4 Å². The molecular formula is C62H42N2. The number of hydrogen-bond acceptors (Lipinski definition) is 1. The van der Waals surface area contributed by atoms with Crippen LogP contribution in [0.5, 0.6) is 0 Å². The molecule has 2 heteroatoms. The van der Waals surface area contributed by atoms with Gasteiger partial charge >= 0.3 is 0 Å². The third kappa shape index (κ3) is 6.61. The van der Waals surface area contributed by atoms with Crippen molar-refractivity contribution in [3.05, 3.63) is 255 Å². The molecule has 0 fully saturated rings. The Morgan fingerprint density at radius 3 is 1.59 bits per heavy atom. The fourth-order valence-corrected chi connectivity index (χ4v) is 9.70. The zero-order valence-corrected chi connectivity index (χ0v) is 35.1. The van der Waals surface area contributed by atoms with Gasteiger partial charge in [-0.1, -0.05) is 188 Å². The van der Waals surface area contributed by atoms with Crippen LogP contribution in [-0.4, -0.2) is 4.57 Å². The summed E-state index contributed by atoms with van der Waals surface area (Å²) in [6.07, 6.45) is 0. The van der Waals surface area contributed by atoms with Gasteiger partial charge in [0, 0.05) is 33.4 Å². The molecule has 0 radical (unpaired) electrons. The summed E-state index contributed by atoms with van der Waals surface area (Å²) in [5, 5.41) is 7.44. The average Bonchev–Trinajstić information content (AvgIpc) is 3.71. The molecule has 0 atom stereocenters. The number of benzene rings is 11. The molecule has 0 bridgehead atoms. The van der Waals surface area contributed by atoms with Crippen LogP contribution in [0.3, 0.4) is 0 Å². The van der Waals surface area contributed by atoms with Crippen LogP contribution in [0.1, 0.15) is 0 Å². The van der Waals surface area contributed by atoms with Crippen LogP contribution in [0.2, 0.25) is 0 Å². The van der Waals surface area contributed by atoms with E-state index in [4.69, 9.17) is 0 Å². The highest BCUT2D eigenvalue weighted by atomic mass is 15.1. The minimum atomic E-state index is 1.07. The Bertz CT molecular complexity index is 3610. The Morgan fingerprint density at radius 1 is 0.250 bits per heavy atom. The summed E-state index contributed by atoms with van der Waals surface area (Å²) in [5.41, 5.74) is 16.2. The van der Waals surface area contributed by atoms with Crippen LogP contribution >= 0.6 is 0 Å². The molecule has 0 saturated heterocycles. The third-order valence-corrected chi connectivity index (χ3v) is 12.7. The summed E-state index contributed by atoms with van der Waals surface area (Å²) < 4.78 is 2.42. The van der Waals surface area contributed by atoms with E-state index in [0.29, 0.717) is 0 Å². The van der Waals surface area contributed by atoms with Gasteiger partial charge in [0.15, 0.2) is 0 Å². The smallest absolute Gasteiger partial charge is 0.0541 e. The lowest BCUT2D eigenvalue weighted by Gasteiger charge is -2.28. The topological polar surface area (TPSA) is 8.17 Å². The van der Waals surface area contributed by atoms with Crippen molar-refractivity contribution < 1.29 is 0 Å². The van der Waals surface area contributed by atoms with Gasteiger partial charge in [-0.05, 0) is 127 Å². The number of nitrogens with zero attached hydrogens (tertiary/aromatic N) is 2. The first-order chi connectivity index (χ1) is 31.7. The van der Waals surface area contributed by atoms with Crippen molar-refractivity contribution in [1.82, 2.24) is 4.57 Å². The van der Waals surface area contributed by atoms with Gasteiger partial charge in [-0.25, -0.2) is 0 Å².